The molecule has 0 aliphatic heterocycles. The number of nitrogens with zero attached hydrogens (tertiary/aromatic N) is 1. The summed E-state index contributed by atoms with van der Waals surface area (Å²) in [5.41, 5.74) is 5.28. The first-order valence-electron chi connectivity index (χ1n) is 5.10. The number of ether oxygens (including phenoxy) is 1. The van der Waals surface area contributed by atoms with Crippen LogP contribution in [0, 0.1) is 11.6 Å². The summed E-state index contributed by atoms with van der Waals surface area (Å²) < 4.78 is 31.1. The van der Waals surface area contributed by atoms with Crippen molar-refractivity contribution in [2.45, 2.75) is 0 Å². The van der Waals surface area contributed by atoms with Gasteiger partial charge < -0.3 is 15.6 Å². The average Bonchev–Trinajstić information content (AvgIpc) is 2.34. The van der Waals surface area contributed by atoms with Gasteiger partial charge in [-0.25, -0.2) is 18.6 Å². The van der Waals surface area contributed by atoms with Crippen molar-refractivity contribution in [3.63, 3.8) is 0 Å². The second kappa shape index (κ2) is 4.89. The number of carboxylic acids is 1. The van der Waals surface area contributed by atoms with Gasteiger partial charge in [0.05, 0.1) is 5.69 Å². The molecule has 0 aliphatic rings. The Balaban J connectivity index is 2.37. The van der Waals surface area contributed by atoms with Gasteiger partial charge in [0.25, 0.3) is 0 Å². The van der Waals surface area contributed by atoms with Gasteiger partial charge in [0.1, 0.15) is 5.82 Å². The van der Waals surface area contributed by atoms with E-state index < -0.39 is 17.6 Å². The van der Waals surface area contributed by atoms with E-state index in [1.807, 2.05) is 0 Å². The van der Waals surface area contributed by atoms with Gasteiger partial charge in [-0.15, -0.1) is 0 Å². The van der Waals surface area contributed by atoms with E-state index in [9.17, 15) is 13.6 Å². The number of rotatable bonds is 3. The monoisotopic (exact) mass is 266 g/mol. The predicted octanol–water partition coefficient (Wildman–Crippen LogP) is 2.43. The summed E-state index contributed by atoms with van der Waals surface area (Å²) in [5, 5.41) is 8.77. The summed E-state index contributed by atoms with van der Waals surface area (Å²) in [6.07, 6.45) is 0. The average molecular weight is 266 g/mol. The van der Waals surface area contributed by atoms with Gasteiger partial charge in [-0.3, -0.25) is 0 Å². The number of carboxylic acid groups (broad SMARTS) is 1. The number of hydrogen-bond donors (Lipinski definition) is 2. The SMILES string of the molecule is Nc1ccc(C(=O)O)nc1Oc1ccc(F)cc1F. The van der Waals surface area contributed by atoms with E-state index in [4.69, 9.17) is 15.6 Å². The van der Waals surface area contributed by atoms with E-state index in [1.54, 1.807) is 0 Å². The molecular formula is C12H8F2N2O3. The number of benzene rings is 1. The van der Waals surface area contributed by atoms with Crippen LogP contribution in [0.2, 0.25) is 0 Å². The lowest BCUT2D eigenvalue weighted by Gasteiger charge is -2.08. The standard InChI is InChI=1S/C12H8F2N2O3/c13-6-1-4-10(7(14)5-6)19-11-8(15)2-3-9(16-11)12(17)18/h1-5H,15H2,(H,17,18). The number of anilines is 1. The lowest BCUT2D eigenvalue weighted by Crippen LogP contribution is -2.04. The van der Waals surface area contributed by atoms with Crippen molar-refractivity contribution in [3.8, 4) is 11.6 Å². The van der Waals surface area contributed by atoms with E-state index >= 15 is 0 Å². The number of pyridine rings is 1. The fraction of sp³-hybridized carbons (Fsp3) is 0. The zero-order valence-corrected chi connectivity index (χ0v) is 9.43. The molecule has 0 radical (unpaired) electrons. The second-order valence-corrected chi connectivity index (χ2v) is 3.57. The van der Waals surface area contributed by atoms with Crippen LogP contribution in [-0.4, -0.2) is 16.1 Å². The third-order valence-corrected chi connectivity index (χ3v) is 2.21. The molecule has 0 bridgehead atoms. The number of nitrogen functional groups attached to an aromatic ring is 1. The summed E-state index contributed by atoms with van der Waals surface area (Å²) in [5.74, 6) is -3.54. The molecule has 0 atom stereocenters. The van der Waals surface area contributed by atoms with E-state index in [0.29, 0.717) is 6.07 Å². The number of hydrogen-bond acceptors (Lipinski definition) is 4. The van der Waals surface area contributed by atoms with Gasteiger partial charge in [0.2, 0.25) is 5.88 Å². The highest BCUT2D eigenvalue weighted by Crippen LogP contribution is 2.27. The third kappa shape index (κ3) is 2.76. The number of aromatic nitrogens is 1. The van der Waals surface area contributed by atoms with Crippen molar-refractivity contribution in [1.82, 2.24) is 4.98 Å². The van der Waals surface area contributed by atoms with Crippen LogP contribution in [0.15, 0.2) is 30.3 Å². The Kier molecular flexibility index (Phi) is 3.28. The smallest absolute Gasteiger partial charge is 0.354 e. The Bertz CT molecular complexity index is 647. The van der Waals surface area contributed by atoms with E-state index in [0.717, 1.165) is 12.1 Å². The van der Waals surface area contributed by atoms with Crippen LogP contribution in [0.3, 0.4) is 0 Å². The van der Waals surface area contributed by atoms with E-state index in [1.165, 1.54) is 12.1 Å². The van der Waals surface area contributed by atoms with Crippen LogP contribution < -0.4 is 10.5 Å². The molecule has 1 aromatic heterocycles. The van der Waals surface area contributed by atoms with Crippen molar-refractivity contribution in [2.24, 2.45) is 0 Å². The Labute approximate surface area is 106 Å². The van der Waals surface area contributed by atoms with Gasteiger partial charge in [-0.1, -0.05) is 0 Å². The van der Waals surface area contributed by atoms with Crippen LogP contribution >= 0.6 is 0 Å². The number of nitrogens with two attached hydrogens (primary N) is 1. The molecule has 0 spiro atoms. The van der Waals surface area contributed by atoms with Crippen molar-refractivity contribution < 1.29 is 23.4 Å². The largest absolute Gasteiger partial charge is 0.477 e. The third-order valence-electron chi connectivity index (χ3n) is 2.21. The van der Waals surface area contributed by atoms with Crippen LogP contribution in [0.25, 0.3) is 0 Å². The highest BCUT2D eigenvalue weighted by Gasteiger charge is 2.13. The predicted molar refractivity (Wildman–Crippen MR) is 62.0 cm³/mol. The molecule has 2 aromatic rings. The topological polar surface area (TPSA) is 85.4 Å². The molecular weight excluding hydrogens is 258 g/mol. The summed E-state index contributed by atoms with van der Waals surface area (Å²) in [4.78, 5) is 14.4. The molecule has 1 aromatic carbocycles. The summed E-state index contributed by atoms with van der Waals surface area (Å²) in [7, 11) is 0. The van der Waals surface area contributed by atoms with Gasteiger partial charge in [-0.05, 0) is 24.3 Å². The first-order chi connectivity index (χ1) is 8.97. The highest BCUT2D eigenvalue weighted by atomic mass is 19.1. The van der Waals surface area contributed by atoms with Crippen molar-refractivity contribution in [3.05, 3.63) is 47.7 Å². The first kappa shape index (κ1) is 12.7. The molecule has 19 heavy (non-hydrogen) atoms. The summed E-state index contributed by atoms with van der Waals surface area (Å²) >= 11 is 0. The summed E-state index contributed by atoms with van der Waals surface area (Å²) in [6, 6.07) is 5.14. The number of aromatic carboxylic acids is 1. The maximum absolute atomic E-state index is 13.4. The molecule has 7 heteroatoms. The lowest BCUT2D eigenvalue weighted by molar-refractivity contribution is 0.0689. The Morgan fingerprint density at radius 2 is 2.00 bits per heavy atom. The maximum atomic E-state index is 13.4. The van der Waals surface area contributed by atoms with Crippen molar-refractivity contribution in [1.29, 1.82) is 0 Å². The highest BCUT2D eigenvalue weighted by molar-refractivity contribution is 5.86. The van der Waals surface area contributed by atoms with Crippen molar-refractivity contribution in [2.75, 3.05) is 5.73 Å². The Morgan fingerprint density at radius 1 is 1.26 bits per heavy atom. The quantitative estimate of drug-likeness (QED) is 0.891. The molecule has 0 fully saturated rings. The van der Waals surface area contributed by atoms with Crippen LogP contribution in [0.4, 0.5) is 14.5 Å². The second-order valence-electron chi connectivity index (χ2n) is 3.57. The maximum Gasteiger partial charge on any atom is 0.354 e. The fourth-order valence-electron chi connectivity index (χ4n) is 1.31. The first-order valence-corrected chi connectivity index (χ1v) is 5.10. The zero-order valence-electron chi connectivity index (χ0n) is 9.43. The van der Waals surface area contributed by atoms with Gasteiger partial charge in [-0.2, -0.15) is 0 Å². The normalized spacial score (nSPS) is 10.2. The molecule has 5 nitrogen and oxygen atoms in total. The van der Waals surface area contributed by atoms with E-state index in [2.05, 4.69) is 4.98 Å². The van der Waals surface area contributed by atoms with Gasteiger partial charge in [0, 0.05) is 6.07 Å². The van der Waals surface area contributed by atoms with Crippen molar-refractivity contribution >= 4 is 11.7 Å². The van der Waals surface area contributed by atoms with Crippen LogP contribution in [0.5, 0.6) is 11.6 Å². The molecule has 3 N–H and O–H groups in total. The molecule has 0 amide bonds. The van der Waals surface area contributed by atoms with Gasteiger partial charge >= 0.3 is 5.97 Å². The number of halogens is 2. The number of carbonyl (C=O) groups is 1. The molecule has 98 valence electrons. The van der Waals surface area contributed by atoms with Crippen LogP contribution in [0.1, 0.15) is 10.5 Å². The van der Waals surface area contributed by atoms with E-state index in [-0.39, 0.29) is 23.0 Å². The molecule has 0 unspecified atom stereocenters. The molecule has 0 aliphatic carbocycles. The van der Waals surface area contributed by atoms with Crippen LogP contribution in [-0.2, 0) is 0 Å². The molecule has 0 saturated heterocycles. The minimum atomic E-state index is -1.27. The van der Waals surface area contributed by atoms with Gasteiger partial charge in [0.15, 0.2) is 17.3 Å². The molecule has 2 rings (SSSR count). The lowest BCUT2D eigenvalue weighted by atomic mass is 10.3. The molecule has 1 heterocycles. The Morgan fingerprint density at radius 3 is 2.63 bits per heavy atom. The zero-order chi connectivity index (χ0) is 14.0. The minimum absolute atomic E-state index is 0.0359. The Hall–Kier alpha value is -2.70. The fourth-order valence-corrected chi connectivity index (χ4v) is 1.31. The molecule has 0 saturated carbocycles. The minimum Gasteiger partial charge on any atom is -0.477 e. The summed E-state index contributed by atoms with van der Waals surface area (Å²) in [6.45, 7) is 0.